The van der Waals surface area contributed by atoms with E-state index < -0.39 is 18.0 Å². The number of pyridine rings is 1. The molecule has 0 spiro atoms. The minimum Gasteiger partial charge on any atom is -0.497 e. The molecule has 1 amide bonds. The van der Waals surface area contributed by atoms with E-state index in [1.807, 2.05) is 0 Å². The van der Waals surface area contributed by atoms with E-state index in [-0.39, 0.29) is 17.1 Å². The summed E-state index contributed by atoms with van der Waals surface area (Å²) in [7, 11) is 3.02. The molecule has 1 aromatic carbocycles. The van der Waals surface area contributed by atoms with Crippen LogP contribution in [0.2, 0.25) is 5.15 Å². The Labute approximate surface area is 156 Å². The van der Waals surface area contributed by atoms with Crippen LogP contribution in [0.15, 0.2) is 36.5 Å². The zero-order chi connectivity index (χ0) is 19.1. The Balaban J connectivity index is 2.11. The molecule has 2 aromatic rings. The number of carbonyl (C=O) groups excluding carboxylic acids is 2. The number of nitrogens with zero attached hydrogens (tertiary/aromatic N) is 1. The molecule has 1 atom stereocenters. The lowest BCUT2D eigenvalue weighted by Gasteiger charge is -2.17. The van der Waals surface area contributed by atoms with Gasteiger partial charge in [0, 0.05) is 30.1 Å². The highest BCUT2D eigenvalue weighted by Crippen LogP contribution is 2.26. The lowest BCUT2D eigenvalue weighted by atomic mass is 10.2. The van der Waals surface area contributed by atoms with Gasteiger partial charge < -0.3 is 19.5 Å². The van der Waals surface area contributed by atoms with Crippen molar-refractivity contribution in [3.05, 3.63) is 47.2 Å². The summed E-state index contributed by atoms with van der Waals surface area (Å²) in [5.41, 5.74) is 0.559. The van der Waals surface area contributed by atoms with Gasteiger partial charge in [-0.05, 0) is 18.6 Å². The smallest absolute Gasteiger partial charge is 0.342 e. The molecule has 8 heteroatoms. The number of nitrogens with one attached hydrogen (secondary N) is 1. The van der Waals surface area contributed by atoms with E-state index in [0.29, 0.717) is 17.2 Å². The molecule has 138 valence electrons. The van der Waals surface area contributed by atoms with Gasteiger partial charge in [-0.15, -0.1) is 0 Å². The Kier molecular flexibility index (Phi) is 6.80. The number of hydrogen-bond donors (Lipinski definition) is 1. The average Bonchev–Trinajstić information content (AvgIpc) is 2.65. The van der Waals surface area contributed by atoms with Gasteiger partial charge in [-0.2, -0.15) is 0 Å². The quantitative estimate of drug-likeness (QED) is 0.587. The minimum atomic E-state index is -0.990. The fourth-order valence-corrected chi connectivity index (χ4v) is 2.35. The summed E-state index contributed by atoms with van der Waals surface area (Å²) in [4.78, 5) is 28.5. The molecule has 0 saturated heterocycles. The fraction of sp³-hybridized carbons (Fsp3) is 0.278. The fourth-order valence-electron chi connectivity index (χ4n) is 2.16. The van der Waals surface area contributed by atoms with E-state index in [0.717, 1.165) is 0 Å². The third kappa shape index (κ3) is 4.86. The minimum absolute atomic E-state index is 0.0188. The molecule has 1 aromatic heterocycles. The van der Waals surface area contributed by atoms with Gasteiger partial charge in [0.05, 0.1) is 19.8 Å². The summed E-state index contributed by atoms with van der Waals surface area (Å²) in [5, 5.41) is 2.71. The summed E-state index contributed by atoms with van der Waals surface area (Å²) < 4.78 is 15.6. The number of amides is 1. The maximum atomic E-state index is 12.5. The maximum Gasteiger partial charge on any atom is 0.342 e. The normalized spacial score (nSPS) is 11.4. The summed E-state index contributed by atoms with van der Waals surface area (Å²) in [6.45, 7) is 1.73. The van der Waals surface area contributed by atoms with Crippen molar-refractivity contribution in [1.82, 2.24) is 4.98 Å². The molecule has 26 heavy (non-hydrogen) atoms. The molecule has 2 rings (SSSR count). The first-order valence-electron chi connectivity index (χ1n) is 7.84. The lowest BCUT2D eigenvalue weighted by molar-refractivity contribution is -0.124. The molecule has 0 saturated carbocycles. The maximum absolute atomic E-state index is 12.5. The van der Waals surface area contributed by atoms with Crippen LogP contribution in [0.3, 0.4) is 0 Å². The molecule has 0 radical (unpaired) electrons. The number of ether oxygens (including phenoxy) is 3. The van der Waals surface area contributed by atoms with Crippen molar-refractivity contribution >= 4 is 29.2 Å². The topological polar surface area (TPSA) is 86.8 Å². The van der Waals surface area contributed by atoms with E-state index in [1.165, 1.54) is 26.5 Å². The molecule has 1 N–H and O–H groups in total. The van der Waals surface area contributed by atoms with E-state index >= 15 is 0 Å². The number of benzene rings is 1. The van der Waals surface area contributed by atoms with Crippen LogP contribution in [0, 0.1) is 0 Å². The highest BCUT2D eigenvalue weighted by Gasteiger charge is 2.24. The van der Waals surface area contributed by atoms with E-state index in [1.54, 1.807) is 31.2 Å². The van der Waals surface area contributed by atoms with E-state index in [2.05, 4.69) is 10.3 Å². The third-order valence-electron chi connectivity index (χ3n) is 3.51. The van der Waals surface area contributed by atoms with Crippen molar-refractivity contribution in [2.75, 3.05) is 19.5 Å². The van der Waals surface area contributed by atoms with Gasteiger partial charge >= 0.3 is 5.97 Å². The predicted octanol–water partition coefficient (Wildman–Crippen LogP) is 3.33. The average molecular weight is 379 g/mol. The van der Waals surface area contributed by atoms with Crippen LogP contribution in [0.4, 0.5) is 5.69 Å². The number of anilines is 1. The summed E-state index contributed by atoms with van der Waals surface area (Å²) in [6, 6.07) is 7.98. The van der Waals surface area contributed by atoms with Crippen molar-refractivity contribution in [3.63, 3.8) is 0 Å². The van der Waals surface area contributed by atoms with Crippen molar-refractivity contribution in [2.24, 2.45) is 0 Å². The highest BCUT2D eigenvalue weighted by atomic mass is 35.5. The van der Waals surface area contributed by atoms with Crippen LogP contribution in [0.1, 0.15) is 23.7 Å². The van der Waals surface area contributed by atoms with Gasteiger partial charge in [0.25, 0.3) is 5.91 Å². The predicted molar refractivity (Wildman–Crippen MR) is 96.9 cm³/mol. The van der Waals surface area contributed by atoms with Crippen LogP contribution in [0.5, 0.6) is 11.5 Å². The first kappa shape index (κ1) is 19.5. The SMILES string of the molecule is CCC(OC(=O)c1cccnc1Cl)C(=O)Nc1cc(OC)cc(OC)c1. The molecule has 0 aliphatic carbocycles. The standard InChI is InChI=1S/C18H19ClN2O5/c1-4-15(26-18(23)14-6-5-7-20-16(14)19)17(22)21-11-8-12(24-2)10-13(9-11)25-3/h5-10,15H,4H2,1-3H3,(H,21,22). The third-order valence-corrected chi connectivity index (χ3v) is 3.81. The zero-order valence-electron chi connectivity index (χ0n) is 14.6. The van der Waals surface area contributed by atoms with Gasteiger partial charge in [-0.3, -0.25) is 4.79 Å². The number of halogens is 1. The molecule has 0 bridgehead atoms. The Morgan fingerprint density at radius 2 is 1.85 bits per heavy atom. The number of aromatic nitrogens is 1. The summed E-state index contributed by atoms with van der Waals surface area (Å²) in [6.07, 6.45) is 0.756. The molecule has 0 aliphatic heterocycles. The summed E-state index contributed by atoms with van der Waals surface area (Å²) >= 11 is 5.88. The Morgan fingerprint density at radius 1 is 1.19 bits per heavy atom. The van der Waals surface area contributed by atoms with Crippen LogP contribution in [0.25, 0.3) is 0 Å². The number of esters is 1. The largest absolute Gasteiger partial charge is 0.497 e. The van der Waals surface area contributed by atoms with Crippen molar-refractivity contribution in [3.8, 4) is 11.5 Å². The monoisotopic (exact) mass is 378 g/mol. The van der Waals surface area contributed by atoms with Crippen molar-refractivity contribution < 1.29 is 23.8 Å². The Morgan fingerprint density at radius 3 is 2.38 bits per heavy atom. The lowest BCUT2D eigenvalue weighted by Crippen LogP contribution is -2.32. The second-order valence-electron chi connectivity index (χ2n) is 5.23. The van der Waals surface area contributed by atoms with E-state index in [4.69, 9.17) is 25.8 Å². The zero-order valence-corrected chi connectivity index (χ0v) is 15.4. The number of hydrogen-bond acceptors (Lipinski definition) is 6. The Bertz CT molecular complexity index is 775. The van der Waals surface area contributed by atoms with Crippen LogP contribution in [-0.2, 0) is 9.53 Å². The van der Waals surface area contributed by atoms with Gasteiger partial charge in [-0.1, -0.05) is 18.5 Å². The molecule has 0 fully saturated rings. The highest BCUT2D eigenvalue weighted by molar-refractivity contribution is 6.32. The Hall–Kier alpha value is -2.80. The van der Waals surface area contributed by atoms with E-state index in [9.17, 15) is 9.59 Å². The molecular formula is C18H19ClN2O5. The molecular weight excluding hydrogens is 360 g/mol. The number of carbonyl (C=O) groups is 2. The van der Waals surface area contributed by atoms with Crippen LogP contribution < -0.4 is 14.8 Å². The van der Waals surface area contributed by atoms with Crippen LogP contribution in [-0.4, -0.2) is 37.2 Å². The van der Waals surface area contributed by atoms with Gasteiger partial charge in [0.2, 0.25) is 0 Å². The second-order valence-corrected chi connectivity index (χ2v) is 5.59. The molecule has 1 unspecified atom stereocenters. The molecule has 0 aliphatic rings. The molecule has 7 nitrogen and oxygen atoms in total. The van der Waals surface area contributed by atoms with Gasteiger partial charge in [0.1, 0.15) is 16.7 Å². The molecule has 1 heterocycles. The van der Waals surface area contributed by atoms with Gasteiger partial charge in [0.15, 0.2) is 6.10 Å². The first-order valence-corrected chi connectivity index (χ1v) is 8.21. The van der Waals surface area contributed by atoms with Crippen molar-refractivity contribution in [2.45, 2.75) is 19.4 Å². The first-order chi connectivity index (χ1) is 12.5. The number of methoxy groups -OCH3 is 2. The number of rotatable bonds is 7. The van der Waals surface area contributed by atoms with Crippen LogP contribution >= 0.6 is 11.6 Å². The van der Waals surface area contributed by atoms with Crippen molar-refractivity contribution in [1.29, 1.82) is 0 Å². The van der Waals surface area contributed by atoms with Gasteiger partial charge in [-0.25, -0.2) is 9.78 Å². The second kappa shape index (κ2) is 9.05. The summed E-state index contributed by atoms with van der Waals surface area (Å²) in [5.74, 6) is -0.150.